The quantitative estimate of drug-likeness (QED) is 0.312. The first-order valence-corrected chi connectivity index (χ1v) is 10.6. The molecule has 0 atom stereocenters. The molecule has 0 saturated heterocycles. The lowest BCUT2D eigenvalue weighted by Gasteiger charge is -2.22. The molecule has 5 N–H and O–H groups in total. The normalized spacial score (nSPS) is 11.5. The van der Waals surface area contributed by atoms with Gasteiger partial charge in [0, 0.05) is 25.3 Å². The molecule has 0 aliphatic rings. The van der Waals surface area contributed by atoms with Gasteiger partial charge in [0.2, 0.25) is 21.9 Å². The topological polar surface area (TPSA) is 178 Å². The van der Waals surface area contributed by atoms with Crippen LogP contribution in [0.2, 0.25) is 0 Å². The Balaban J connectivity index is 2.17. The second-order valence-corrected chi connectivity index (χ2v) is 8.83. The van der Waals surface area contributed by atoms with E-state index < -0.39 is 26.9 Å². The lowest BCUT2D eigenvalue weighted by atomic mass is 10.2. The monoisotopic (exact) mass is 440 g/mol. The predicted octanol–water partition coefficient (Wildman–Crippen LogP) is -0.267. The van der Waals surface area contributed by atoms with Crippen molar-refractivity contribution in [3.05, 3.63) is 40.3 Å². The number of aliphatic hydroxyl groups is 1. The number of rotatable bonds is 11. The van der Waals surface area contributed by atoms with Crippen molar-refractivity contribution in [2.24, 2.45) is 0 Å². The summed E-state index contributed by atoms with van der Waals surface area (Å²) in [6, 6.07) is 5.80. The zero-order valence-corrected chi connectivity index (χ0v) is 17.3. The smallest absolute Gasteiger partial charge is 0.351 e. The first-order valence-electron chi connectivity index (χ1n) is 9.05. The second-order valence-electron chi connectivity index (χ2n) is 6.51. The third-order valence-corrected chi connectivity index (χ3v) is 5.84. The highest BCUT2D eigenvalue weighted by molar-refractivity contribution is 7.90. The molecule has 1 heterocycles. The summed E-state index contributed by atoms with van der Waals surface area (Å²) < 4.78 is 26.2. The molecule has 0 saturated carbocycles. The van der Waals surface area contributed by atoms with Crippen LogP contribution in [0.25, 0.3) is 0 Å². The molecule has 0 aliphatic carbocycles. The number of aromatic nitrogens is 3. The Morgan fingerprint density at radius 2 is 1.87 bits per heavy atom. The SMILES string of the molecule is CC(C)S(=O)(=O)NCCN(CCO)c1nc(Nc2ccc(C(=O)O)cc2)[nH]c(=O)n1. The summed E-state index contributed by atoms with van der Waals surface area (Å²) in [5.74, 6) is -1.01. The van der Waals surface area contributed by atoms with Crippen molar-refractivity contribution in [1.82, 2.24) is 19.7 Å². The highest BCUT2D eigenvalue weighted by atomic mass is 32.2. The largest absolute Gasteiger partial charge is 0.478 e. The van der Waals surface area contributed by atoms with Gasteiger partial charge in [0.15, 0.2) is 0 Å². The molecule has 0 bridgehead atoms. The van der Waals surface area contributed by atoms with E-state index in [9.17, 15) is 23.1 Å². The molecular formula is C17H24N6O6S. The molecule has 0 fully saturated rings. The van der Waals surface area contributed by atoms with Crippen molar-refractivity contribution in [3.8, 4) is 0 Å². The standard InChI is InChI=1S/C17H24N6O6S/c1-11(2)30(28,29)18-7-8-23(9-10-24)16-20-15(21-17(27)22-16)19-13-5-3-12(4-6-13)14(25)26/h3-6,11,18,24H,7-10H2,1-2H3,(H,25,26)(H2,19,20,21,22,27). The van der Waals surface area contributed by atoms with Crippen LogP contribution in [-0.2, 0) is 10.0 Å². The summed E-state index contributed by atoms with van der Waals surface area (Å²) in [6.07, 6.45) is 0. The van der Waals surface area contributed by atoms with Crippen molar-refractivity contribution in [3.63, 3.8) is 0 Å². The first-order chi connectivity index (χ1) is 14.1. The third kappa shape index (κ3) is 6.50. The second kappa shape index (κ2) is 10.1. The number of benzene rings is 1. The van der Waals surface area contributed by atoms with Gasteiger partial charge in [0.25, 0.3) is 0 Å². The van der Waals surface area contributed by atoms with Crippen LogP contribution in [0.1, 0.15) is 24.2 Å². The predicted molar refractivity (Wildman–Crippen MR) is 111 cm³/mol. The Morgan fingerprint density at radius 1 is 1.20 bits per heavy atom. The fraction of sp³-hybridized carbons (Fsp3) is 0.412. The van der Waals surface area contributed by atoms with Crippen LogP contribution in [0.3, 0.4) is 0 Å². The molecule has 0 aliphatic heterocycles. The maximum Gasteiger partial charge on any atom is 0.351 e. The van der Waals surface area contributed by atoms with Crippen LogP contribution < -0.4 is 20.6 Å². The Bertz CT molecular complexity index is 1020. The average Bonchev–Trinajstić information content (AvgIpc) is 2.67. The van der Waals surface area contributed by atoms with Gasteiger partial charge in [-0.1, -0.05) is 0 Å². The minimum atomic E-state index is -3.46. The third-order valence-electron chi connectivity index (χ3n) is 3.99. The molecule has 13 heteroatoms. The van der Waals surface area contributed by atoms with Crippen LogP contribution in [0, 0.1) is 0 Å². The summed E-state index contributed by atoms with van der Waals surface area (Å²) in [5.41, 5.74) is -0.107. The van der Waals surface area contributed by atoms with Gasteiger partial charge in [-0.15, -0.1) is 0 Å². The molecule has 0 radical (unpaired) electrons. The average molecular weight is 440 g/mol. The highest BCUT2D eigenvalue weighted by Crippen LogP contribution is 2.15. The van der Waals surface area contributed by atoms with E-state index in [-0.39, 0.29) is 43.7 Å². The first kappa shape index (κ1) is 23.3. The zero-order chi connectivity index (χ0) is 22.3. The Hall–Kier alpha value is -3.03. The van der Waals surface area contributed by atoms with Crippen LogP contribution in [0.4, 0.5) is 17.6 Å². The van der Waals surface area contributed by atoms with Gasteiger partial charge in [-0.05, 0) is 38.1 Å². The summed E-state index contributed by atoms with van der Waals surface area (Å²) >= 11 is 0. The molecular weight excluding hydrogens is 416 g/mol. The van der Waals surface area contributed by atoms with Crippen molar-refractivity contribution < 1.29 is 23.4 Å². The van der Waals surface area contributed by atoms with Crippen molar-refractivity contribution in [2.45, 2.75) is 19.1 Å². The molecule has 0 unspecified atom stereocenters. The number of hydrogen-bond donors (Lipinski definition) is 5. The fourth-order valence-electron chi connectivity index (χ4n) is 2.33. The molecule has 30 heavy (non-hydrogen) atoms. The number of hydrogen-bond acceptors (Lipinski definition) is 9. The lowest BCUT2D eigenvalue weighted by molar-refractivity contribution is 0.0697. The number of H-pyrrole nitrogens is 1. The summed E-state index contributed by atoms with van der Waals surface area (Å²) in [5, 5.41) is 20.5. The van der Waals surface area contributed by atoms with E-state index in [4.69, 9.17) is 5.11 Å². The van der Waals surface area contributed by atoms with Crippen LogP contribution in [0.5, 0.6) is 0 Å². The Morgan fingerprint density at radius 3 is 2.43 bits per heavy atom. The van der Waals surface area contributed by atoms with E-state index >= 15 is 0 Å². The molecule has 12 nitrogen and oxygen atoms in total. The number of carboxylic acids is 1. The summed E-state index contributed by atoms with van der Waals surface area (Å²) in [7, 11) is -3.46. The molecule has 1 aromatic carbocycles. The number of nitrogens with zero attached hydrogens (tertiary/aromatic N) is 3. The molecule has 0 amide bonds. The van der Waals surface area contributed by atoms with Crippen molar-refractivity contribution >= 4 is 33.6 Å². The number of carboxylic acid groups (broad SMARTS) is 1. The fourth-order valence-corrected chi connectivity index (χ4v) is 3.04. The minimum Gasteiger partial charge on any atom is -0.478 e. The van der Waals surface area contributed by atoms with Crippen LogP contribution in [-0.4, -0.2) is 71.0 Å². The number of aromatic amines is 1. The van der Waals surface area contributed by atoms with Gasteiger partial charge in [0.1, 0.15) is 0 Å². The minimum absolute atomic E-state index is 0.00111. The van der Waals surface area contributed by atoms with Gasteiger partial charge in [0.05, 0.1) is 17.4 Å². The highest BCUT2D eigenvalue weighted by Gasteiger charge is 2.17. The Kier molecular flexibility index (Phi) is 7.86. The molecule has 0 spiro atoms. The van der Waals surface area contributed by atoms with Gasteiger partial charge in [-0.3, -0.25) is 4.98 Å². The number of aromatic carboxylic acids is 1. The van der Waals surface area contributed by atoms with Gasteiger partial charge >= 0.3 is 11.7 Å². The lowest BCUT2D eigenvalue weighted by Crippen LogP contribution is -2.40. The van der Waals surface area contributed by atoms with Crippen molar-refractivity contribution in [1.29, 1.82) is 0 Å². The number of anilines is 3. The van der Waals surface area contributed by atoms with Crippen LogP contribution in [0.15, 0.2) is 29.1 Å². The van der Waals surface area contributed by atoms with Gasteiger partial charge in [-0.2, -0.15) is 9.97 Å². The van der Waals surface area contributed by atoms with Crippen molar-refractivity contribution in [2.75, 3.05) is 36.5 Å². The Labute approximate surface area is 173 Å². The number of carbonyl (C=O) groups is 1. The van der Waals surface area contributed by atoms with E-state index in [1.807, 2.05) is 0 Å². The summed E-state index contributed by atoms with van der Waals surface area (Å²) in [6.45, 7) is 3.09. The van der Waals surface area contributed by atoms with E-state index in [0.717, 1.165) is 0 Å². The number of sulfonamides is 1. The van der Waals surface area contributed by atoms with Gasteiger partial charge < -0.3 is 20.4 Å². The molecule has 2 aromatic rings. The van der Waals surface area contributed by atoms with E-state index in [1.54, 1.807) is 13.8 Å². The molecule has 164 valence electrons. The summed E-state index contributed by atoms with van der Waals surface area (Å²) in [4.78, 5) is 34.7. The van der Waals surface area contributed by atoms with Gasteiger partial charge in [-0.25, -0.2) is 22.7 Å². The zero-order valence-electron chi connectivity index (χ0n) is 16.5. The number of nitrogens with one attached hydrogen (secondary N) is 3. The van der Waals surface area contributed by atoms with E-state index in [0.29, 0.717) is 5.69 Å². The molecule has 2 rings (SSSR count). The maximum atomic E-state index is 12.0. The number of aliphatic hydroxyl groups excluding tert-OH is 1. The maximum absolute atomic E-state index is 12.0. The van der Waals surface area contributed by atoms with Crippen LogP contribution >= 0.6 is 0 Å². The van der Waals surface area contributed by atoms with E-state index in [2.05, 4.69) is 25.0 Å². The molecule has 1 aromatic heterocycles. The van der Waals surface area contributed by atoms with E-state index in [1.165, 1.54) is 29.2 Å².